The predicted molar refractivity (Wildman–Crippen MR) is 85.0 cm³/mol. The van der Waals surface area contributed by atoms with Crippen molar-refractivity contribution in [3.63, 3.8) is 0 Å². The highest BCUT2D eigenvalue weighted by molar-refractivity contribution is 7.99. The number of thioether (sulfide) groups is 2. The van der Waals surface area contributed by atoms with Crippen molar-refractivity contribution in [1.29, 1.82) is 0 Å². The molecule has 0 fully saturated rings. The molecule has 3 nitrogen and oxygen atoms in total. The Balaban J connectivity index is 2.25. The molecule has 0 aliphatic carbocycles. The van der Waals surface area contributed by atoms with Crippen molar-refractivity contribution < 1.29 is 9.90 Å². The average molecular weight is 299 g/mol. The van der Waals surface area contributed by atoms with Gasteiger partial charge in [0.25, 0.3) is 5.91 Å². The van der Waals surface area contributed by atoms with Gasteiger partial charge in [-0.2, -0.15) is 23.5 Å². The molecule has 19 heavy (non-hydrogen) atoms. The fraction of sp³-hybridized carbons (Fsp3) is 0.500. The summed E-state index contributed by atoms with van der Waals surface area (Å²) in [6.07, 6.45) is 2.88. The fourth-order valence-corrected chi connectivity index (χ4v) is 2.84. The van der Waals surface area contributed by atoms with Crippen LogP contribution < -0.4 is 5.32 Å². The standard InChI is InChI=1S/C14H21NO2S2/c1-18-11-12-3-5-13(6-4-12)14(17)15-7-10-19-9-2-8-16/h3-6,16H,2,7-11H2,1H3,(H,15,17). The molecule has 1 aromatic rings. The first-order valence-corrected chi connectivity index (χ1v) is 8.87. The van der Waals surface area contributed by atoms with E-state index in [2.05, 4.69) is 11.6 Å². The lowest BCUT2D eigenvalue weighted by molar-refractivity contribution is 0.0956. The van der Waals surface area contributed by atoms with Gasteiger partial charge in [0.2, 0.25) is 0 Å². The second-order valence-corrected chi connectivity index (χ2v) is 6.17. The van der Waals surface area contributed by atoms with E-state index in [1.165, 1.54) is 5.56 Å². The Hall–Kier alpha value is -0.650. The second-order valence-electron chi connectivity index (χ2n) is 4.08. The Kier molecular flexibility index (Phi) is 8.79. The van der Waals surface area contributed by atoms with Gasteiger partial charge in [0.05, 0.1) is 0 Å². The summed E-state index contributed by atoms with van der Waals surface area (Å²) in [5.74, 6) is 2.79. The van der Waals surface area contributed by atoms with Crippen LogP contribution in [0.25, 0.3) is 0 Å². The molecule has 1 amide bonds. The Bertz CT molecular complexity index is 368. The number of rotatable bonds is 9. The van der Waals surface area contributed by atoms with E-state index in [4.69, 9.17) is 5.11 Å². The molecule has 106 valence electrons. The minimum Gasteiger partial charge on any atom is -0.396 e. The van der Waals surface area contributed by atoms with Crippen LogP contribution in [0, 0.1) is 0 Å². The monoisotopic (exact) mass is 299 g/mol. The zero-order valence-electron chi connectivity index (χ0n) is 11.2. The zero-order chi connectivity index (χ0) is 13.9. The summed E-state index contributed by atoms with van der Waals surface area (Å²) >= 11 is 3.52. The van der Waals surface area contributed by atoms with Crippen LogP contribution >= 0.6 is 23.5 Å². The van der Waals surface area contributed by atoms with Crippen LogP contribution in [-0.2, 0) is 5.75 Å². The molecule has 0 unspecified atom stereocenters. The number of amides is 1. The van der Waals surface area contributed by atoms with Crippen molar-refractivity contribution in [2.75, 3.05) is 30.9 Å². The van der Waals surface area contributed by atoms with Gasteiger partial charge in [-0.05, 0) is 36.1 Å². The Morgan fingerprint density at radius 3 is 2.63 bits per heavy atom. The maximum atomic E-state index is 11.8. The minimum atomic E-state index is -0.0153. The number of hydrogen-bond donors (Lipinski definition) is 2. The number of aliphatic hydroxyl groups excluding tert-OH is 1. The van der Waals surface area contributed by atoms with Gasteiger partial charge in [-0.25, -0.2) is 0 Å². The number of carbonyl (C=O) groups excluding carboxylic acids is 1. The molecule has 2 N–H and O–H groups in total. The number of carbonyl (C=O) groups is 1. The predicted octanol–water partition coefficient (Wildman–Crippen LogP) is 2.40. The van der Waals surface area contributed by atoms with Crippen molar-refractivity contribution in [1.82, 2.24) is 5.32 Å². The molecule has 0 aromatic heterocycles. The third kappa shape index (κ3) is 6.89. The van der Waals surface area contributed by atoms with E-state index in [-0.39, 0.29) is 12.5 Å². The molecule has 0 heterocycles. The number of benzene rings is 1. The van der Waals surface area contributed by atoms with E-state index < -0.39 is 0 Å². The van der Waals surface area contributed by atoms with Crippen LogP contribution in [0.3, 0.4) is 0 Å². The van der Waals surface area contributed by atoms with Crippen molar-refractivity contribution >= 4 is 29.4 Å². The van der Waals surface area contributed by atoms with Crippen LogP contribution in [-0.4, -0.2) is 41.9 Å². The lowest BCUT2D eigenvalue weighted by atomic mass is 10.1. The topological polar surface area (TPSA) is 49.3 Å². The van der Waals surface area contributed by atoms with Crippen LogP contribution in [0.4, 0.5) is 0 Å². The molecule has 0 radical (unpaired) electrons. The van der Waals surface area contributed by atoms with Crippen molar-refractivity contribution in [2.45, 2.75) is 12.2 Å². The van der Waals surface area contributed by atoms with Gasteiger partial charge in [-0.3, -0.25) is 4.79 Å². The molecular weight excluding hydrogens is 278 g/mol. The van der Waals surface area contributed by atoms with Crippen molar-refractivity contribution in [3.8, 4) is 0 Å². The van der Waals surface area contributed by atoms with E-state index in [1.54, 1.807) is 23.5 Å². The molecule has 0 atom stereocenters. The fourth-order valence-electron chi connectivity index (χ4n) is 1.53. The summed E-state index contributed by atoms with van der Waals surface area (Å²) in [6, 6.07) is 7.75. The largest absolute Gasteiger partial charge is 0.396 e. The quantitative estimate of drug-likeness (QED) is 0.688. The Labute approximate surface area is 123 Å². The van der Waals surface area contributed by atoms with Gasteiger partial charge in [-0.15, -0.1) is 0 Å². The van der Waals surface area contributed by atoms with Crippen LogP contribution in [0.5, 0.6) is 0 Å². The SMILES string of the molecule is CSCc1ccc(C(=O)NCCSCCCO)cc1. The molecule has 0 bridgehead atoms. The lowest BCUT2D eigenvalue weighted by Gasteiger charge is -2.06. The number of nitrogens with one attached hydrogen (secondary N) is 1. The second kappa shape index (κ2) is 10.2. The average Bonchev–Trinajstić information content (AvgIpc) is 2.43. The Morgan fingerprint density at radius 1 is 1.26 bits per heavy atom. The summed E-state index contributed by atoms with van der Waals surface area (Å²) in [5, 5.41) is 11.5. The van der Waals surface area contributed by atoms with E-state index in [1.807, 2.05) is 24.3 Å². The summed E-state index contributed by atoms with van der Waals surface area (Å²) in [5.41, 5.74) is 1.95. The van der Waals surface area contributed by atoms with Crippen LogP contribution in [0.15, 0.2) is 24.3 Å². The third-order valence-electron chi connectivity index (χ3n) is 2.51. The van der Waals surface area contributed by atoms with E-state index in [0.29, 0.717) is 12.1 Å². The smallest absolute Gasteiger partial charge is 0.251 e. The molecule has 5 heteroatoms. The van der Waals surface area contributed by atoms with E-state index >= 15 is 0 Å². The van der Waals surface area contributed by atoms with Gasteiger partial charge >= 0.3 is 0 Å². The highest BCUT2D eigenvalue weighted by atomic mass is 32.2. The summed E-state index contributed by atoms with van der Waals surface area (Å²) < 4.78 is 0. The summed E-state index contributed by atoms with van der Waals surface area (Å²) in [4.78, 5) is 11.8. The van der Waals surface area contributed by atoms with Crippen LogP contribution in [0.2, 0.25) is 0 Å². The molecule has 0 aliphatic rings. The Morgan fingerprint density at radius 2 is 2.00 bits per heavy atom. The molecule has 0 aliphatic heterocycles. The maximum Gasteiger partial charge on any atom is 0.251 e. The molecule has 1 aromatic carbocycles. The van der Waals surface area contributed by atoms with Crippen molar-refractivity contribution in [3.05, 3.63) is 35.4 Å². The van der Waals surface area contributed by atoms with Gasteiger partial charge in [0.1, 0.15) is 0 Å². The first-order valence-electron chi connectivity index (χ1n) is 6.32. The number of hydrogen-bond acceptors (Lipinski definition) is 4. The summed E-state index contributed by atoms with van der Waals surface area (Å²) in [7, 11) is 0. The molecule has 1 rings (SSSR count). The molecule has 0 saturated heterocycles. The number of aliphatic hydroxyl groups is 1. The van der Waals surface area contributed by atoms with E-state index in [9.17, 15) is 4.79 Å². The maximum absolute atomic E-state index is 11.8. The molecule has 0 spiro atoms. The van der Waals surface area contributed by atoms with Crippen molar-refractivity contribution in [2.24, 2.45) is 0 Å². The van der Waals surface area contributed by atoms with Gasteiger partial charge in [-0.1, -0.05) is 12.1 Å². The highest BCUT2D eigenvalue weighted by Gasteiger charge is 2.04. The molecular formula is C14H21NO2S2. The van der Waals surface area contributed by atoms with Crippen LogP contribution in [0.1, 0.15) is 22.3 Å². The highest BCUT2D eigenvalue weighted by Crippen LogP contribution is 2.10. The normalized spacial score (nSPS) is 10.4. The minimum absolute atomic E-state index is 0.0153. The summed E-state index contributed by atoms with van der Waals surface area (Å²) in [6.45, 7) is 0.906. The third-order valence-corrected chi connectivity index (χ3v) is 4.20. The molecule has 0 saturated carbocycles. The zero-order valence-corrected chi connectivity index (χ0v) is 12.9. The first kappa shape index (κ1) is 16.4. The van der Waals surface area contributed by atoms with Gasteiger partial charge in [0, 0.05) is 30.2 Å². The van der Waals surface area contributed by atoms with Gasteiger partial charge in [0.15, 0.2) is 0 Å². The van der Waals surface area contributed by atoms with E-state index in [0.717, 1.165) is 23.7 Å². The van der Waals surface area contributed by atoms with Gasteiger partial charge < -0.3 is 10.4 Å². The lowest BCUT2D eigenvalue weighted by Crippen LogP contribution is -2.25. The first-order chi connectivity index (χ1) is 9.27.